The van der Waals surface area contributed by atoms with Gasteiger partial charge < -0.3 is 20.3 Å². The highest BCUT2D eigenvalue weighted by atomic mass is 16.5. The Hall–Kier alpha value is -1.66. The van der Waals surface area contributed by atoms with E-state index in [1.165, 1.54) is 6.07 Å². The summed E-state index contributed by atoms with van der Waals surface area (Å²) in [6.45, 7) is 0.607. The van der Waals surface area contributed by atoms with Crippen LogP contribution in [0.2, 0.25) is 0 Å². The van der Waals surface area contributed by atoms with Gasteiger partial charge in [0, 0.05) is 6.54 Å². The van der Waals surface area contributed by atoms with Gasteiger partial charge >= 0.3 is 5.97 Å². The molecule has 0 saturated carbocycles. The second-order valence-corrected chi connectivity index (χ2v) is 4.23. The third-order valence-electron chi connectivity index (χ3n) is 2.88. The molecule has 0 aliphatic carbocycles. The molecule has 1 aromatic rings. The lowest BCUT2D eigenvalue weighted by atomic mass is 10.2. The zero-order valence-electron chi connectivity index (χ0n) is 9.87. The first-order valence-electron chi connectivity index (χ1n) is 5.89. The number of hydrogen-bond donors (Lipinski definition) is 3. The molecule has 2 atom stereocenters. The minimum Gasteiger partial charge on any atom is -0.477 e. The number of nitrogens with zero attached hydrogens (tertiary/aromatic N) is 1. The zero-order valence-corrected chi connectivity index (χ0v) is 9.87. The van der Waals surface area contributed by atoms with Gasteiger partial charge in [0.15, 0.2) is 5.69 Å². The van der Waals surface area contributed by atoms with E-state index < -0.39 is 5.97 Å². The fraction of sp³-hybridized carbons (Fsp3) is 0.500. The summed E-state index contributed by atoms with van der Waals surface area (Å²) < 4.78 is 5.55. The maximum atomic E-state index is 10.8. The van der Waals surface area contributed by atoms with Gasteiger partial charge in [-0.15, -0.1) is 0 Å². The average molecular weight is 252 g/mol. The van der Waals surface area contributed by atoms with Crippen molar-refractivity contribution in [3.05, 3.63) is 23.9 Å². The van der Waals surface area contributed by atoms with Crippen LogP contribution in [-0.4, -0.2) is 46.5 Å². The number of aliphatic hydroxyl groups excluding tert-OH is 1. The summed E-state index contributed by atoms with van der Waals surface area (Å²) in [6.07, 6.45) is 1.70. The van der Waals surface area contributed by atoms with Crippen molar-refractivity contribution in [1.82, 2.24) is 4.98 Å². The highest BCUT2D eigenvalue weighted by Crippen LogP contribution is 2.19. The van der Waals surface area contributed by atoms with Crippen LogP contribution in [0.15, 0.2) is 18.2 Å². The molecule has 0 unspecified atom stereocenters. The summed E-state index contributed by atoms with van der Waals surface area (Å²) in [5, 5.41) is 20.8. The summed E-state index contributed by atoms with van der Waals surface area (Å²) in [4.78, 5) is 14.7. The van der Waals surface area contributed by atoms with Gasteiger partial charge in [-0.2, -0.15) is 0 Å². The van der Waals surface area contributed by atoms with Crippen molar-refractivity contribution in [2.45, 2.75) is 25.0 Å². The van der Waals surface area contributed by atoms with Crippen LogP contribution >= 0.6 is 0 Å². The summed E-state index contributed by atoms with van der Waals surface area (Å²) >= 11 is 0. The molecule has 1 aromatic heterocycles. The topological polar surface area (TPSA) is 91.7 Å². The van der Waals surface area contributed by atoms with Gasteiger partial charge in [0.05, 0.1) is 18.8 Å². The maximum absolute atomic E-state index is 10.8. The van der Waals surface area contributed by atoms with Crippen molar-refractivity contribution in [2.24, 2.45) is 0 Å². The highest BCUT2D eigenvalue weighted by molar-refractivity contribution is 5.85. The van der Waals surface area contributed by atoms with Crippen molar-refractivity contribution in [3.63, 3.8) is 0 Å². The van der Waals surface area contributed by atoms with Crippen LogP contribution in [-0.2, 0) is 4.74 Å². The van der Waals surface area contributed by atoms with Gasteiger partial charge in [0.25, 0.3) is 0 Å². The lowest BCUT2D eigenvalue weighted by Gasteiger charge is -2.13. The van der Waals surface area contributed by atoms with Crippen molar-refractivity contribution in [1.29, 1.82) is 0 Å². The number of rotatable bonds is 5. The first-order valence-corrected chi connectivity index (χ1v) is 5.89. The van der Waals surface area contributed by atoms with Gasteiger partial charge in [-0.05, 0) is 25.0 Å². The molecule has 0 aromatic carbocycles. The number of aromatic carboxylic acids is 1. The molecule has 6 nitrogen and oxygen atoms in total. The maximum Gasteiger partial charge on any atom is 0.354 e. The molecular weight excluding hydrogens is 236 g/mol. The molecule has 0 amide bonds. The number of pyridine rings is 1. The average Bonchev–Trinajstić information content (AvgIpc) is 2.84. The molecule has 2 rings (SSSR count). The van der Waals surface area contributed by atoms with E-state index in [0.29, 0.717) is 12.4 Å². The third-order valence-corrected chi connectivity index (χ3v) is 2.88. The second kappa shape index (κ2) is 5.79. The number of nitrogens with one attached hydrogen (secondary N) is 1. The first kappa shape index (κ1) is 12.8. The molecule has 98 valence electrons. The van der Waals surface area contributed by atoms with Crippen LogP contribution in [0.4, 0.5) is 5.82 Å². The number of hydrogen-bond acceptors (Lipinski definition) is 5. The SMILES string of the molecule is O=C(O)c1cccc(NC[C@H]2CC[C@@H](CO)O2)n1. The number of aliphatic hydroxyl groups is 1. The number of carbonyl (C=O) groups is 1. The Labute approximate surface area is 105 Å². The van der Waals surface area contributed by atoms with E-state index in [1.54, 1.807) is 12.1 Å². The van der Waals surface area contributed by atoms with E-state index in [2.05, 4.69) is 10.3 Å². The molecule has 3 N–H and O–H groups in total. The Morgan fingerprint density at radius 1 is 1.44 bits per heavy atom. The Morgan fingerprint density at radius 3 is 2.89 bits per heavy atom. The van der Waals surface area contributed by atoms with Gasteiger partial charge in [0.2, 0.25) is 0 Å². The summed E-state index contributed by atoms with van der Waals surface area (Å²) in [6, 6.07) is 4.80. The van der Waals surface area contributed by atoms with Crippen molar-refractivity contribution in [2.75, 3.05) is 18.5 Å². The van der Waals surface area contributed by atoms with Crippen molar-refractivity contribution < 1.29 is 19.7 Å². The Kier molecular flexibility index (Phi) is 4.11. The molecule has 1 fully saturated rings. The molecular formula is C12H16N2O4. The number of carboxylic acids is 1. The largest absolute Gasteiger partial charge is 0.477 e. The number of aromatic nitrogens is 1. The van der Waals surface area contributed by atoms with Gasteiger partial charge in [-0.1, -0.05) is 6.07 Å². The Morgan fingerprint density at radius 2 is 2.22 bits per heavy atom. The Bertz CT molecular complexity index is 424. The van der Waals surface area contributed by atoms with Gasteiger partial charge in [0.1, 0.15) is 5.82 Å². The molecule has 18 heavy (non-hydrogen) atoms. The molecule has 0 bridgehead atoms. The van der Waals surface area contributed by atoms with E-state index >= 15 is 0 Å². The molecule has 1 aliphatic rings. The molecule has 1 saturated heterocycles. The summed E-state index contributed by atoms with van der Waals surface area (Å²) in [5.41, 5.74) is 0.0144. The minimum atomic E-state index is -1.05. The number of anilines is 1. The normalized spacial score (nSPS) is 22.9. The summed E-state index contributed by atoms with van der Waals surface area (Å²) in [7, 11) is 0. The van der Waals surface area contributed by atoms with Gasteiger partial charge in [-0.25, -0.2) is 9.78 Å². The molecule has 0 radical (unpaired) electrons. The molecule has 0 spiro atoms. The quantitative estimate of drug-likeness (QED) is 0.715. The number of ether oxygens (including phenoxy) is 1. The van der Waals surface area contributed by atoms with Crippen molar-refractivity contribution in [3.8, 4) is 0 Å². The van der Waals surface area contributed by atoms with E-state index in [9.17, 15) is 4.79 Å². The summed E-state index contributed by atoms with van der Waals surface area (Å²) in [5.74, 6) is -0.526. The van der Waals surface area contributed by atoms with Crippen LogP contribution < -0.4 is 5.32 Å². The van der Waals surface area contributed by atoms with E-state index in [1.807, 2.05) is 0 Å². The van der Waals surface area contributed by atoms with Crippen LogP contribution in [0.3, 0.4) is 0 Å². The predicted octanol–water partition coefficient (Wildman–Crippen LogP) is 0.732. The molecule has 6 heteroatoms. The first-order chi connectivity index (χ1) is 8.69. The monoisotopic (exact) mass is 252 g/mol. The smallest absolute Gasteiger partial charge is 0.354 e. The van der Waals surface area contributed by atoms with E-state index in [-0.39, 0.29) is 24.5 Å². The van der Waals surface area contributed by atoms with Crippen LogP contribution in [0, 0.1) is 0 Å². The third kappa shape index (κ3) is 3.18. The fourth-order valence-corrected chi connectivity index (χ4v) is 1.94. The van der Waals surface area contributed by atoms with Crippen LogP contribution in [0.1, 0.15) is 23.3 Å². The van der Waals surface area contributed by atoms with E-state index in [0.717, 1.165) is 12.8 Å². The van der Waals surface area contributed by atoms with Crippen LogP contribution in [0.5, 0.6) is 0 Å². The predicted molar refractivity (Wildman–Crippen MR) is 64.7 cm³/mol. The van der Waals surface area contributed by atoms with Gasteiger partial charge in [-0.3, -0.25) is 0 Å². The standard InChI is InChI=1S/C12H16N2O4/c15-7-9-5-4-8(18-9)6-13-11-3-1-2-10(14-11)12(16)17/h1-3,8-9,15H,4-7H2,(H,13,14)(H,16,17)/t8-,9+/m1/s1. The lowest BCUT2D eigenvalue weighted by molar-refractivity contribution is 0.0174. The lowest BCUT2D eigenvalue weighted by Crippen LogP contribution is -2.22. The molecule has 2 heterocycles. The fourth-order valence-electron chi connectivity index (χ4n) is 1.94. The minimum absolute atomic E-state index is 0.0144. The molecule has 1 aliphatic heterocycles. The van der Waals surface area contributed by atoms with Crippen molar-refractivity contribution >= 4 is 11.8 Å². The highest BCUT2D eigenvalue weighted by Gasteiger charge is 2.24. The zero-order chi connectivity index (χ0) is 13.0. The number of carboxylic acid groups (broad SMARTS) is 1. The van der Waals surface area contributed by atoms with Crippen LogP contribution in [0.25, 0.3) is 0 Å². The second-order valence-electron chi connectivity index (χ2n) is 4.23. The van der Waals surface area contributed by atoms with E-state index in [4.69, 9.17) is 14.9 Å². The Balaban J connectivity index is 1.87.